The Morgan fingerprint density at radius 2 is 0.647 bits per heavy atom. The Hall–Kier alpha value is -13.5. The molecule has 8 aromatic heterocycles. The summed E-state index contributed by atoms with van der Waals surface area (Å²) in [6.45, 7) is 33.8. The van der Waals surface area contributed by atoms with Crippen LogP contribution in [0.15, 0.2) is 273 Å². The van der Waals surface area contributed by atoms with Crippen LogP contribution in [-0.4, -0.2) is 88.4 Å². The summed E-state index contributed by atoms with van der Waals surface area (Å²) in [6.07, 6.45) is 12.8. The predicted octanol–water partition coefficient (Wildman–Crippen LogP) is 25.4. The molecule has 18 nitrogen and oxygen atoms in total. The number of anilines is 13. The standard InChI is InChI=1S/2C23H23N3O.C22H21N3O.C21H19N3O.C12H16N2/c1-14(2)25-16(4)26(19-9-7-13-24-23(19)25)21-15(3)11-12-18-17-8-5-6-10-20(17)27-22(18)21;1-14(2)25-16(4)26(23-19(25)9-7-13-24-23)21-15(3)11-12-18-17-8-5-6-10-20(17)27-22(18)21;1-4-24-15(3)25(18-9-7-13-23-22(18)24)20-14(2)11-12-17-16-8-5-6-10-19(16)26-21(17)20;1-13-10-11-16-15-7-4-5-9-18(15)25-20(16)19(13)24-14(2)23(3)21-17(24)8-6-12-22-21;1-10-6-4-5-7-12(10)14-9-8-13(3)11(14)2/h2*5-14,16H,1-4H3;5-13,15H,4H2,1-3H3;4-12,14H,1-3H3;4-9,11H,1-3H3/t2*16-;15-;14-;11-/m11111/s1. The number of hydrogen-bond acceptors (Lipinski definition) is 18. The highest BCUT2D eigenvalue weighted by Crippen LogP contribution is 2.53. The molecule has 600 valence electrons. The zero-order valence-electron chi connectivity index (χ0n) is 70.9. The molecular weight excluding hydrogens is 1470 g/mol. The largest absolute Gasteiger partial charge is 0.454 e. The molecule has 0 saturated carbocycles. The zero-order valence-corrected chi connectivity index (χ0v) is 70.9. The van der Waals surface area contributed by atoms with Crippen LogP contribution in [0.2, 0.25) is 0 Å². The van der Waals surface area contributed by atoms with Crippen LogP contribution in [-0.2, 0) is 0 Å². The van der Waals surface area contributed by atoms with Crippen molar-refractivity contribution in [1.82, 2.24) is 24.8 Å². The summed E-state index contributed by atoms with van der Waals surface area (Å²) in [5.41, 5.74) is 24.0. The molecule has 0 amide bonds. The lowest BCUT2D eigenvalue weighted by molar-refractivity contribution is 0.383. The van der Waals surface area contributed by atoms with Crippen molar-refractivity contribution < 1.29 is 17.7 Å². The van der Waals surface area contributed by atoms with Gasteiger partial charge < -0.3 is 66.7 Å². The number of fused-ring (bicyclic) bond motifs is 16. The van der Waals surface area contributed by atoms with E-state index in [4.69, 9.17) is 27.6 Å². The van der Waals surface area contributed by atoms with E-state index in [1.165, 1.54) is 39.2 Å². The minimum absolute atomic E-state index is 0.160. The number of aromatic nitrogens is 4. The fraction of sp³-hybridized carbons (Fsp3) is 0.248. The third-order valence-electron chi connectivity index (χ3n) is 24.7. The summed E-state index contributed by atoms with van der Waals surface area (Å²) in [6, 6.07) is 76.2. The van der Waals surface area contributed by atoms with Crippen molar-refractivity contribution in [3.05, 3.63) is 283 Å². The molecule has 0 spiro atoms. The van der Waals surface area contributed by atoms with Crippen LogP contribution in [0.3, 0.4) is 0 Å². The van der Waals surface area contributed by atoms with Crippen LogP contribution in [0.4, 0.5) is 74.5 Å². The molecule has 0 unspecified atom stereocenters. The summed E-state index contributed by atoms with van der Waals surface area (Å²) in [5, 5.41) is 9.26. The lowest BCUT2D eigenvalue weighted by Crippen LogP contribution is -2.42. The Morgan fingerprint density at radius 1 is 0.303 bits per heavy atom. The molecule has 0 aliphatic carbocycles. The second-order valence-electron chi connectivity index (χ2n) is 32.4. The maximum atomic E-state index is 6.36. The first-order chi connectivity index (χ1) is 57.7. The van der Waals surface area contributed by atoms with Gasteiger partial charge in [0.15, 0.2) is 45.6 Å². The van der Waals surface area contributed by atoms with Crippen molar-refractivity contribution >= 4 is 162 Å². The van der Waals surface area contributed by atoms with Crippen molar-refractivity contribution in [2.45, 2.75) is 147 Å². The van der Waals surface area contributed by atoms with Gasteiger partial charge in [-0.3, -0.25) is 0 Å². The SMILES string of the molecule is CCN1c2ncccc2N(c2c(C)ccc3c2oc2ccccc23)[C@@H]1C.Cc1ccc2c(oc3ccccc32)c1N1c2cccnc2N(C(C)C)[C@H]1C.Cc1ccc2c(oc3ccccc32)c1N1c2cccnc2N(C)[C@H]1C.Cc1ccc2c(oc3ccccc32)c1N1c2ncccc2N(C(C)C)[C@H]1C.Cc1ccccc1N1C=CN(C)[C@H]1C. The van der Waals surface area contributed by atoms with Crippen molar-refractivity contribution in [2.75, 3.05) is 64.7 Å². The van der Waals surface area contributed by atoms with E-state index in [1.54, 1.807) is 0 Å². The van der Waals surface area contributed by atoms with Crippen LogP contribution in [0.25, 0.3) is 87.8 Å². The number of para-hydroxylation sites is 5. The summed E-state index contributed by atoms with van der Waals surface area (Å²) in [5.74, 6) is 4.07. The van der Waals surface area contributed by atoms with Gasteiger partial charge in [0.25, 0.3) is 0 Å². The first-order valence-corrected chi connectivity index (χ1v) is 41.6. The minimum atomic E-state index is 0.160. The molecule has 119 heavy (non-hydrogen) atoms. The number of furan rings is 4. The average molecular weight is 1580 g/mol. The van der Waals surface area contributed by atoms with Gasteiger partial charge in [0.2, 0.25) is 0 Å². The molecular formula is C101H102N14O4. The van der Waals surface area contributed by atoms with E-state index in [0.29, 0.717) is 18.2 Å². The van der Waals surface area contributed by atoms with Gasteiger partial charge in [-0.25, -0.2) is 19.9 Å². The van der Waals surface area contributed by atoms with Gasteiger partial charge in [-0.15, -0.1) is 0 Å². The normalized spacial score (nSPS) is 17.2. The summed E-state index contributed by atoms with van der Waals surface area (Å²) >= 11 is 0. The topological polar surface area (TPSA) is 137 Å². The van der Waals surface area contributed by atoms with Crippen molar-refractivity contribution in [2.24, 2.45) is 0 Å². The van der Waals surface area contributed by atoms with Gasteiger partial charge in [-0.2, -0.15) is 0 Å². The monoisotopic (exact) mass is 1570 g/mol. The highest BCUT2D eigenvalue weighted by atomic mass is 16.3. The molecule has 17 aromatic rings. The van der Waals surface area contributed by atoms with Gasteiger partial charge in [0.05, 0.1) is 45.5 Å². The molecule has 22 rings (SSSR count). The number of aryl methyl sites for hydroxylation is 5. The molecule has 18 heteroatoms. The van der Waals surface area contributed by atoms with Crippen LogP contribution in [0, 0.1) is 34.6 Å². The maximum Gasteiger partial charge on any atom is 0.159 e. The van der Waals surface area contributed by atoms with E-state index in [-0.39, 0.29) is 24.7 Å². The number of nitrogens with zero attached hydrogens (tertiary/aromatic N) is 14. The molecule has 9 aromatic carbocycles. The van der Waals surface area contributed by atoms with E-state index in [0.717, 1.165) is 157 Å². The minimum Gasteiger partial charge on any atom is -0.454 e. The van der Waals surface area contributed by atoms with Gasteiger partial charge in [-0.1, -0.05) is 140 Å². The quantitative estimate of drug-likeness (QED) is 0.143. The predicted molar refractivity (Wildman–Crippen MR) is 494 cm³/mol. The highest BCUT2D eigenvalue weighted by molar-refractivity contribution is 6.14. The number of hydrogen-bond donors (Lipinski definition) is 0. The van der Waals surface area contributed by atoms with E-state index in [1.807, 2.05) is 97.6 Å². The molecule has 13 heterocycles. The summed E-state index contributed by atoms with van der Waals surface area (Å²) in [4.78, 5) is 41.9. The van der Waals surface area contributed by atoms with Gasteiger partial charge >= 0.3 is 0 Å². The van der Waals surface area contributed by atoms with Crippen LogP contribution in [0.5, 0.6) is 0 Å². The lowest BCUT2D eigenvalue weighted by atomic mass is 10.1. The second kappa shape index (κ2) is 30.9. The fourth-order valence-corrected chi connectivity index (χ4v) is 18.7. The zero-order chi connectivity index (χ0) is 82.5. The Balaban J connectivity index is 0.000000104. The highest BCUT2D eigenvalue weighted by Gasteiger charge is 2.42. The number of benzene rings is 9. The first-order valence-electron chi connectivity index (χ1n) is 41.6. The molecule has 0 fully saturated rings. The Labute approximate surface area is 695 Å². The third-order valence-corrected chi connectivity index (χ3v) is 24.7. The van der Waals surface area contributed by atoms with Crippen molar-refractivity contribution in [3.8, 4) is 0 Å². The molecule has 0 N–H and O–H groups in total. The Morgan fingerprint density at radius 3 is 1.07 bits per heavy atom. The Bertz CT molecular complexity index is 6550. The second-order valence-corrected chi connectivity index (χ2v) is 32.4. The summed E-state index contributed by atoms with van der Waals surface area (Å²) < 4.78 is 25.3. The maximum absolute atomic E-state index is 6.36. The van der Waals surface area contributed by atoms with E-state index < -0.39 is 0 Å². The van der Waals surface area contributed by atoms with Crippen molar-refractivity contribution in [3.63, 3.8) is 0 Å². The van der Waals surface area contributed by atoms with E-state index in [9.17, 15) is 0 Å². The van der Waals surface area contributed by atoms with Crippen molar-refractivity contribution in [1.29, 1.82) is 0 Å². The van der Waals surface area contributed by atoms with Crippen LogP contribution in [0.1, 0.15) is 97.1 Å². The van der Waals surface area contributed by atoms with Crippen LogP contribution >= 0.6 is 0 Å². The molecule has 5 aliphatic rings. The Kier molecular flexibility index (Phi) is 19.9. The first kappa shape index (κ1) is 76.8. The fourth-order valence-electron chi connectivity index (χ4n) is 18.7. The molecule has 5 atom stereocenters. The summed E-state index contributed by atoms with van der Waals surface area (Å²) in [7, 11) is 4.18. The van der Waals surface area contributed by atoms with E-state index >= 15 is 0 Å². The number of rotatable bonds is 8. The van der Waals surface area contributed by atoms with E-state index in [2.05, 4.69) is 335 Å². The third kappa shape index (κ3) is 12.8. The molecule has 0 bridgehead atoms. The lowest BCUT2D eigenvalue weighted by Gasteiger charge is -2.33. The average Bonchev–Trinajstić information content (AvgIpc) is 1.59. The molecule has 0 saturated heterocycles. The van der Waals surface area contributed by atoms with Gasteiger partial charge in [-0.05, 0) is 211 Å². The molecule has 0 radical (unpaired) electrons. The van der Waals surface area contributed by atoms with Gasteiger partial charge in [0, 0.05) is 119 Å². The van der Waals surface area contributed by atoms with Crippen LogP contribution < -0.4 is 44.1 Å². The molecule has 5 aliphatic heterocycles. The van der Waals surface area contributed by atoms with Gasteiger partial charge in [0.1, 0.15) is 53.2 Å². The smallest absolute Gasteiger partial charge is 0.159 e. The number of pyridine rings is 4.